The zero-order chi connectivity index (χ0) is 20.4. The van der Waals surface area contributed by atoms with E-state index in [0.29, 0.717) is 5.56 Å². The van der Waals surface area contributed by atoms with Gasteiger partial charge in [0, 0.05) is 12.1 Å². The van der Waals surface area contributed by atoms with Crippen molar-refractivity contribution in [3.8, 4) is 0 Å². The number of hydrogen-bond donors (Lipinski definition) is 2. The van der Waals surface area contributed by atoms with Gasteiger partial charge in [0.05, 0.1) is 30.2 Å². The first kappa shape index (κ1) is 19.5. The topological polar surface area (TPSA) is 142 Å². The molecule has 0 spiro atoms. The monoisotopic (exact) mass is 392 g/mol. The molecule has 2 aliphatic rings. The number of rotatable bonds is 5. The highest BCUT2D eigenvalue weighted by molar-refractivity contribution is 6.04. The zero-order valence-corrected chi connectivity index (χ0v) is 15.1. The molecule has 4 amide bonds. The van der Waals surface area contributed by atoms with Gasteiger partial charge in [-0.2, -0.15) is 0 Å². The number of hydrogen-bond acceptors (Lipinski definition) is 7. The molecule has 11 nitrogen and oxygen atoms in total. The summed E-state index contributed by atoms with van der Waals surface area (Å²) in [6.45, 7) is 1.47. The molecule has 28 heavy (non-hydrogen) atoms. The maximum Gasteiger partial charge on any atom is 0.410 e. The number of β-amino-alcohol motifs (C(OH)–C–C–N with tert-alkyl or cyclic N) is 1. The zero-order valence-electron chi connectivity index (χ0n) is 15.1. The summed E-state index contributed by atoms with van der Waals surface area (Å²) in [4.78, 5) is 48.8. The number of carbonyl (C=O) groups excluding carboxylic acids is 3. The number of imide groups is 1. The fraction of sp³-hybridized carbons (Fsp3) is 0.471. The van der Waals surface area contributed by atoms with Crippen LogP contribution in [0.4, 0.5) is 15.3 Å². The van der Waals surface area contributed by atoms with Gasteiger partial charge in [-0.05, 0) is 31.0 Å². The molecular formula is C17H20N4O7. The molecule has 2 heterocycles. The second kappa shape index (κ2) is 7.80. The highest BCUT2D eigenvalue weighted by Gasteiger charge is 2.42. The van der Waals surface area contributed by atoms with E-state index in [4.69, 9.17) is 4.74 Å². The highest BCUT2D eigenvalue weighted by atomic mass is 16.6. The molecule has 3 rings (SSSR count). The van der Waals surface area contributed by atoms with Crippen LogP contribution in [0.15, 0.2) is 24.3 Å². The summed E-state index contributed by atoms with van der Waals surface area (Å²) in [7, 11) is 0. The van der Waals surface area contributed by atoms with Crippen LogP contribution in [0.5, 0.6) is 0 Å². The van der Waals surface area contributed by atoms with Crippen molar-refractivity contribution in [2.75, 3.05) is 13.1 Å². The Labute approximate surface area is 160 Å². The van der Waals surface area contributed by atoms with Crippen molar-refractivity contribution in [1.82, 2.24) is 15.1 Å². The van der Waals surface area contributed by atoms with Gasteiger partial charge in [-0.25, -0.2) is 9.59 Å². The van der Waals surface area contributed by atoms with Crippen molar-refractivity contribution in [1.29, 1.82) is 0 Å². The SMILES string of the molecule is CC1NC(=O)N(C[C@@H]2C[C@@H](O)CN2C(=O)OCc2ccc([N+](=O)[O-])cc2)C1=O. The van der Waals surface area contributed by atoms with Crippen molar-refractivity contribution >= 4 is 23.7 Å². The molecule has 11 heteroatoms. The minimum absolute atomic E-state index is 0.0291. The number of non-ortho nitro benzene ring substituents is 1. The predicted octanol–water partition coefficient (Wildman–Crippen LogP) is 0.607. The molecule has 2 aliphatic heterocycles. The summed E-state index contributed by atoms with van der Waals surface area (Å²) in [5.74, 6) is -0.384. The van der Waals surface area contributed by atoms with Crippen molar-refractivity contribution < 1.29 is 29.2 Å². The lowest BCUT2D eigenvalue weighted by Crippen LogP contribution is -2.45. The molecule has 0 aliphatic carbocycles. The molecule has 150 valence electrons. The molecule has 2 N–H and O–H groups in total. The third-order valence-electron chi connectivity index (χ3n) is 4.75. The van der Waals surface area contributed by atoms with E-state index in [2.05, 4.69) is 5.32 Å². The quantitative estimate of drug-likeness (QED) is 0.424. The van der Waals surface area contributed by atoms with Gasteiger partial charge in [0.25, 0.3) is 11.6 Å². The number of nitro benzene ring substituents is 1. The molecule has 3 atom stereocenters. The van der Waals surface area contributed by atoms with Gasteiger partial charge < -0.3 is 20.1 Å². The van der Waals surface area contributed by atoms with Crippen LogP contribution >= 0.6 is 0 Å². The smallest absolute Gasteiger partial charge is 0.410 e. The number of benzene rings is 1. The van der Waals surface area contributed by atoms with Crippen LogP contribution in [0.25, 0.3) is 0 Å². The Hall–Kier alpha value is -3.21. The number of nitrogens with zero attached hydrogens (tertiary/aromatic N) is 3. The van der Waals surface area contributed by atoms with Crippen molar-refractivity contribution in [3.05, 3.63) is 39.9 Å². The summed E-state index contributed by atoms with van der Waals surface area (Å²) in [5.41, 5.74) is 0.499. The van der Waals surface area contributed by atoms with Gasteiger partial charge >= 0.3 is 12.1 Å². The molecule has 0 bridgehead atoms. The van der Waals surface area contributed by atoms with E-state index in [0.717, 1.165) is 4.90 Å². The Bertz CT molecular complexity index is 797. The fourth-order valence-corrected chi connectivity index (χ4v) is 3.27. The molecule has 1 aromatic rings. The lowest BCUT2D eigenvalue weighted by atomic mass is 10.2. The van der Waals surface area contributed by atoms with E-state index in [1.54, 1.807) is 6.92 Å². The van der Waals surface area contributed by atoms with E-state index in [-0.39, 0.29) is 37.7 Å². The number of aliphatic hydroxyl groups excluding tert-OH is 1. The maximum atomic E-state index is 12.4. The van der Waals surface area contributed by atoms with Crippen LogP contribution in [0.2, 0.25) is 0 Å². The number of likely N-dealkylation sites (tertiary alicyclic amines) is 1. The predicted molar refractivity (Wildman–Crippen MR) is 94.1 cm³/mol. The first-order chi connectivity index (χ1) is 13.3. The summed E-state index contributed by atoms with van der Waals surface area (Å²) >= 11 is 0. The molecule has 0 saturated carbocycles. The van der Waals surface area contributed by atoms with E-state index in [1.165, 1.54) is 29.2 Å². The lowest BCUT2D eigenvalue weighted by molar-refractivity contribution is -0.384. The number of nitrogens with one attached hydrogen (secondary N) is 1. The summed E-state index contributed by atoms with van der Waals surface area (Å²) in [6.07, 6.45) is -1.26. The second-order valence-corrected chi connectivity index (χ2v) is 6.79. The molecule has 1 aromatic carbocycles. The summed E-state index contributed by atoms with van der Waals surface area (Å²) in [6, 6.07) is 3.88. The fourth-order valence-electron chi connectivity index (χ4n) is 3.27. The van der Waals surface area contributed by atoms with Crippen LogP contribution in [-0.2, 0) is 16.1 Å². The summed E-state index contributed by atoms with van der Waals surface area (Å²) < 4.78 is 5.23. The number of ether oxygens (including phenoxy) is 1. The largest absolute Gasteiger partial charge is 0.445 e. The Morgan fingerprint density at radius 1 is 1.36 bits per heavy atom. The van der Waals surface area contributed by atoms with Gasteiger partial charge in [-0.1, -0.05) is 0 Å². The Kier molecular flexibility index (Phi) is 5.45. The van der Waals surface area contributed by atoms with Crippen LogP contribution in [0.3, 0.4) is 0 Å². The normalized spacial score (nSPS) is 24.4. The van der Waals surface area contributed by atoms with Crippen molar-refractivity contribution in [2.24, 2.45) is 0 Å². The highest BCUT2D eigenvalue weighted by Crippen LogP contribution is 2.22. The van der Waals surface area contributed by atoms with Crippen LogP contribution < -0.4 is 5.32 Å². The maximum absolute atomic E-state index is 12.4. The number of nitro groups is 1. The minimum atomic E-state index is -0.782. The van der Waals surface area contributed by atoms with E-state index >= 15 is 0 Å². The summed E-state index contributed by atoms with van der Waals surface area (Å²) in [5, 5.41) is 23.1. The number of urea groups is 1. The first-order valence-corrected chi connectivity index (χ1v) is 8.73. The number of amides is 4. The molecule has 1 unspecified atom stereocenters. The van der Waals surface area contributed by atoms with E-state index < -0.39 is 35.2 Å². The van der Waals surface area contributed by atoms with E-state index in [9.17, 15) is 29.6 Å². The van der Waals surface area contributed by atoms with Crippen LogP contribution in [0, 0.1) is 10.1 Å². The Balaban J connectivity index is 1.60. The van der Waals surface area contributed by atoms with Gasteiger partial charge in [-0.15, -0.1) is 0 Å². The average molecular weight is 392 g/mol. The van der Waals surface area contributed by atoms with Gasteiger partial charge in [0.2, 0.25) is 0 Å². The molecular weight excluding hydrogens is 372 g/mol. The number of carbonyl (C=O) groups is 3. The number of aliphatic hydroxyl groups is 1. The molecule has 0 radical (unpaired) electrons. The Morgan fingerprint density at radius 3 is 2.61 bits per heavy atom. The average Bonchev–Trinajstić information content (AvgIpc) is 3.14. The first-order valence-electron chi connectivity index (χ1n) is 8.73. The van der Waals surface area contributed by atoms with Crippen LogP contribution in [-0.4, -0.2) is 69.1 Å². The lowest BCUT2D eigenvalue weighted by Gasteiger charge is -2.26. The second-order valence-electron chi connectivity index (χ2n) is 6.79. The minimum Gasteiger partial charge on any atom is -0.445 e. The standard InChI is InChI=1S/C17H20N4O7/c1-10-15(23)20(16(24)18-10)7-13-6-14(22)8-19(13)17(25)28-9-11-2-4-12(5-3-11)21(26)27/h2-5,10,13-14,22H,6-9H2,1H3,(H,18,24)/t10?,13-,14+/m0/s1. The molecule has 2 saturated heterocycles. The molecule has 0 aromatic heterocycles. The van der Waals surface area contributed by atoms with Gasteiger partial charge in [0.15, 0.2) is 0 Å². The molecule has 2 fully saturated rings. The van der Waals surface area contributed by atoms with Crippen LogP contribution in [0.1, 0.15) is 18.9 Å². The third kappa shape index (κ3) is 4.03. The van der Waals surface area contributed by atoms with Crippen molar-refractivity contribution in [2.45, 2.75) is 38.1 Å². The van der Waals surface area contributed by atoms with Gasteiger partial charge in [0.1, 0.15) is 12.6 Å². The van der Waals surface area contributed by atoms with E-state index in [1.807, 2.05) is 0 Å². The Morgan fingerprint density at radius 2 is 2.04 bits per heavy atom. The van der Waals surface area contributed by atoms with Gasteiger partial charge in [-0.3, -0.25) is 19.8 Å². The van der Waals surface area contributed by atoms with Crippen molar-refractivity contribution in [3.63, 3.8) is 0 Å². The third-order valence-corrected chi connectivity index (χ3v) is 4.75.